The molecule has 1 amide bonds. The first-order valence-corrected chi connectivity index (χ1v) is 15.0. The van der Waals surface area contributed by atoms with Crippen LogP contribution in [-0.2, 0) is 4.79 Å². The van der Waals surface area contributed by atoms with Gasteiger partial charge in [0.05, 0.1) is 53.2 Å². The van der Waals surface area contributed by atoms with E-state index in [1.807, 2.05) is 24.3 Å². The first-order valence-electron chi connectivity index (χ1n) is 14.3. The zero-order chi connectivity index (χ0) is 31.8. The van der Waals surface area contributed by atoms with Crippen LogP contribution >= 0.6 is 23.2 Å². The van der Waals surface area contributed by atoms with E-state index < -0.39 is 6.04 Å². The van der Waals surface area contributed by atoms with Gasteiger partial charge in [-0.25, -0.2) is 14.3 Å². The van der Waals surface area contributed by atoms with Gasteiger partial charge in [0.2, 0.25) is 0 Å². The molecule has 1 N–H and O–H groups in total. The van der Waals surface area contributed by atoms with Crippen molar-refractivity contribution in [1.29, 1.82) is 0 Å². The van der Waals surface area contributed by atoms with Gasteiger partial charge in [-0.3, -0.25) is 24.1 Å². The Morgan fingerprint density at radius 3 is 2.57 bits per heavy atom. The maximum atomic E-state index is 13.8. The van der Waals surface area contributed by atoms with Crippen molar-refractivity contribution in [2.75, 3.05) is 5.32 Å². The Bertz CT molecular complexity index is 2170. The molecular formula is C32H24Cl2N10O2. The third-order valence-corrected chi connectivity index (χ3v) is 8.09. The SMILES string of the molecule is C=C1CCC[C@H](n2cnc(-c3cc(Cl)ccc3-n3cc(Cl)nn3)cc2=O)c2cc(ccn2)-c2nn(-c3ccncc3)cc2NC1=O. The Balaban J connectivity index is 1.31. The summed E-state index contributed by atoms with van der Waals surface area (Å²) in [6.07, 6.45) is 11.3. The van der Waals surface area contributed by atoms with E-state index in [0.717, 1.165) is 11.3 Å². The summed E-state index contributed by atoms with van der Waals surface area (Å²) in [5, 5.41) is 16.4. The topological polar surface area (TPSA) is 138 Å². The van der Waals surface area contributed by atoms with E-state index >= 15 is 0 Å². The smallest absolute Gasteiger partial charge is 0.254 e. The molecule has 6 aromatic rings. The second kappa shape index (κ2) is 12.1. The maximum absolute atomic E-state index is 13.8. The number of amides is 1. The van der Waals surface area contributed by atoms with Crippen LogP contribution < -0.4 is 10.9 Å². The van der Waals surface area contributed by atoms with Gasteiger partial charge in [0.25, 0.3) is 11.5 Å². The standard InChI is InChI=1S/C32H24Cl2N10O2/c1-19-3-2-4-28(42-18-37-24(15-30(42)45)23-14-21(33)5-6-27(23)44-17-29(34)39-41-44)25-13-20(7-12-36-25)31-26(38-32(19)46)16-43(40-31)22-8-10-35-11-9-22/h5-18,28H,1-4H2,(H,38,46)/t28-/m0/s1. The van der Waals surface area contributed by atoms with Crippen molar-refractivity contribution in [3.05, 3.63) is 124 Å². The number of fused-ring (bicyclic) bond motifs is 4. The number of benzene rings is 1. The van der Waals surface area contributed by atoms with E-state index in [-0.39, 0.29) is 16.6 Å². The Labute approximate surface area is 272 Å². The van der Waals surface area contributed by atoms with Gasteiger partial charge < -0.3 is 5.32 Å². The number of aromatic nitrogens is 9. The van der Waals surface area contributed by atoms with Gasteiger partial charge in [-0.1, -0.05) is 35.0 Å². The number of hydrogen-bond donors (Lipinski definition) is 1. The number of anilines is 1. The third-order valence-electron chi connectivity index (χ3n) is 7.68. The van der Waals surface area contributed by atoms with E-state index in [9.17, 15) is 9.59 Å². The van der Waals surface area contributed by atoms with Gasteiger partial charge in [0.1, 0.15) is 5.69 Å². The summed E-state index contributed by atoms with van der Waals surface area (Å²) < 4.78 is 4.73. The molecule has 0 radical (unpaired) electrons. The van der Waals surface area contributed by atoms with Crippen LogP contribution in [0.15, 0.2) is 103 Å². The van der Waals surface area contributed by atoms with Crippen molar-refractivity contribution < 1.29 is 4.79 Å². The fourth-order valence-corrected chi connectivity index (χ4v) is 5.71. The number of hydrogen-bond acceptors (Lipinski definition) is 8. The van der Waals surface area contributed by atoms with E-state index in [1.54, 1.807) is 58.4 Å². The summed E-state index contributed by atoms with van der Waals surface area (Å²) in [5.41, 5.74) is 4.92. The van der Waals surface area contributed by atoms with Crippen LogP contribution in [0.25, 0.3) is 33.9 Å². The summed E-state index contributed by atoms with van der Waals surface area (Å²) in [7, 11) is 0. The van der Waals surface area contributed by atoms with Gasteiger partial charge in [0.15, 0.2) is 5.15 Å². The molecule has 1 aromatic carbocycles. The second-order valence-corrected chi connectivity index (χ2v) is 11.5. The van der Waals surface area contributed by atoms with E-state index in [1.165, 1.54) is 17.1 Å². The molecule has 46 heavy (non-hydrogen) atoms. The summed E-state index contributed by atoms with van der Waals surface area (Å²) in [4.78, 5) is 40.3. The van der Waals surface area contributed by atoms with Crippen molar-refractivity contribution >= 4 is 34.8 Å². The Morgan fingerprint density at radius 1 is 0.935 bits per heavy atom. The van der Waals surface area contributed by atoms with Crippen molar-refractivity contribution in [1.82, 2.24) is 44.3 Å². The molecule has 1 aliphatic rings. The molecule has 6 heterocycles. The lowest BCUT2D eigenvalue weighted by Gasteiger charge is -2.21. The monoisotopic (exact) mass is 650 g/mol. The number of rotatable bonds is 4. The first-order chi connectivity index (χ1) is 22.3. The Morgan fingerprint density at radius 2 is 1.78 bits per heavy atom. The largest absolute Gasteiger partial charge is 0.319 e. The number of halogens is 2. The lowest BCUT2D eigenvalue weighted by atomic mass is 9.99. The molecule has 2 bridgehead atoms. The van der Waals surface area contributed by atoms with Gasteiger partial charge in [0, 0.05) is 46.4 Å². The first kappa shape index (κ1) is 29.3. The average Bonchev–Trinajstić information content (AvgIpc) is 3.69. The van der Waals surface area contributed by atoms with Crippen LogP contribution in [0.2, 0.25) is 10.2 Å². The summed E-state index contributed by atoms with van der Waals surface area (Å²) in [6.45, 7) is 4.02. The summed E-state index contributed by atoms with van der Waals surface area (Å²) >= 11 is 12.3. The predicted molar refractivity (Wildman–Crippen MR) is 173 cm³/mol. The molecule has 7 rings (SSSR count). The van der Waals surface area contributed by atoms with Crippen LogP contribution in [0.1, 0.15) is 31.0 Å². The van der Waals surface area contributed by atoms with E-state index in [0.29, 0.717) is 63.9 Å². The normalized spacial score (nSPS) is 15.0. The van der Waals surface area contributed by atoms with Crippen molar-refractivity contribution in [2.24, 2.45) is 0 Å². The molecule has 1 atom stereocenters. The minimum Gasteiger partial charge on any atom is -0.319 e. The van der Waals surface area contributed by atoms with Crippen molar-refractivity contribution in [3.63, 3.8) is 0 Å². The number of carbonyl (C=O) groups excluding carboxylic acids is 1. The molecule has 5 aromatic heterocycles. The summed E-state index contributed by atoms with van der Waals surface area (Å²) in [5.74, 6) is -0.295. The number of pyridine rings is 2. The van der Waals surface area contributed by atoms with E-state index in [4.69, 9.17) is 28.3 Å². The third kappa shape index (κ3) is 5.71. The molecule has 228 valence electrons. The second-order valence-electron chi connectivity index (χ2n) is 10.6. The molecule has 0 unspecified atom stereocenters. The van der Waals surface area contributed by atoms with Gasteiger partial charge in [-0.05, 0) is 61.7 Å². The lowest BCUT2D eigenvalue weighted by molar-refractivity contribution is -0.113. The lowest BCUT2D eigenvalue weighted by Crippen LogP contribution is -2.26. The highest BCUT2D eigenvalue weighted by molar-refractivity contribution is 6.31. The molecule has 0 aliphatic carbocycles. The van der Waals surface area contributed by atoms with Crippen molar-refractivity contribution in [3.8, 4) is 33.9 Å². The van der Waals surface area contributed by atoms with Crippen LogP contribution in [0.3, 0.4) is 0 Å². The highest BCUT2D eigenvalue weighted by Gasteiger charge is 2.23. The fourth-order valence-electron chi connectivity index (χ4n) is 5.41. The minimum absolute atomic E-state index is 0.220. The molecule has 0 saturated carbocycles. The molecule has 0 saturated heterocycles. The van der Waals surface area contributed by atoms with Gasteiger partial charge in [-0.2, -0.15) is 5.10 Å². The van der Waals surface area contributed by atoms with Crippen molar-refractivity contribution in [2.45, 2.75) is 25.3 Å². The fraction of sp³-hybridized carbons (Fsp3) is 0.125. The van der Waals surface area contributed by atoms with E-state index in [2.05, 4.69) is 37.2 Å². The quantitative estimate of drug-likeness (QED) is 0.240. The molecule has 0 fully saturated rings. The highest BCUT2D eigenvalue weighted by Crippen LogP contribution is 2.33. The maximum Gasteiger partial charge on any atom is 0.254 e. The van der Waals surface area contributed by atoms with Gasteiger partial charge in [-0.15, -0.1) is 5.10 Å². The zero-order valence-corrected chi connectivity index (χ0v) is 25.6. The molecule has 0 spiro atoms. The Hall–Kier alpha value is -5.46. The predicted octanol–water partition coefficient (Wildman–Crippen LogP) is 5.71. The molecule has 12 nitrogen and oxygen atoms in total. The molecular weight excluding hydrogens is 627 g/mol. The Kier molecular flexibility index (Phi) is 7.73. The molecule has 1 aliphatic heterocycles. The van der Waals surface area contributed by atoms with Crippen LogP contribution in [0, 0.1) is 0 Å². The van der Waals surface area contributed by atoms with Crippen LogP contribution in [0.5, 0.6) is 0 Å². The molecule has 14 heteroatoms. The number of carbonyl (C=O) groups is 1. The van der Waals surface area contributed by atoms with Crippen LogP contribution in [-0.4, -0.2) is 50.2 Å². The van der Waals surface area contributed by atoms with Gasteiger partial charge >= 0.3 is 0 Å². The van der Waals surface area contributed by atoms with Crippen LogP contribution in [0.4, 0.5) is 5.69 Å². The minimum atomic E-state index is -0.483. The number of nitrogens with zero attached hydrogens (tertiary/aromatic N) is 9. The highest BCUT2D eigenvalue weighted by atomic mass is 35.5. The number of nitrogens with one attached hydrogen (secondary N) is 1. The average molecular weight is 652 g/mol. The summed E-state index contributed by atoms with van der Waals surface area (Å²) in [6, 6.07) is 13.5. The zero-order valence-electron chi connectivity index (χ0n) is 24.1.